The Morgan fingerprint density at radius 3 is 1.20 bits per heavy atom. The highest BCUT2D eigenvalue weighted by Gasteiger charge is 1.98. The van der Waals surface area contributed by atoms with E-state index in [4.69, 9.17) is 9.47 Å². The topological polar surface area (TPSA) is 80.3 Å². The van der Waals surface area contributed by atoms with Crippen LogP contribution < -0.4 is 9.47 Å². The Bertz CT molecular complexity index is 1330. The maximum absolute atomic E-state index is 5.79. The molecule has 44 heavy (non-hydrogen) atoms. The molecule has 0 atom stereocenters. The van der Waals surface area contributed by atoms with Gasteiger partial charge in [0.2, 0.25) is 0 Å². The van der Waals surface area contributed by atoms with E-state index in [-0.39, 0.29) is 0 Å². The highest BCUT2D eigenvalue weighted by atomic mass is 16.5. The number of nitrogens with zero attached hydrogens (tertiary/aromatic N) is 5. The fourth-order valence-corrected chi connectivity index (χ4v) is 4.27. The fourth-order valence-electron chi connectivity index (χ4n) is 4.27. The number of hydrogen-bond acceptors (Lipinski definition) is 7. The summed E-state index contributed by atoms with van der Waals surface area (Å²) in [6.45, 7) is 5.92. The highest BCUT2D eigenvalue weighted by molar-refractivity contribution is 5.82. The van der Waals surface area contributed by atoms with Crippen molar-refractivity contribution in [3.8, 4) is 11.5 Å². The fraction of sp³-hybridized carbons (Fsp3) is 0.324. The molecule has 0 saturated heterocycles. The van der Waals surface area contributed by atoms with Gasteiger partial charge < -0.3 is 9.47 Å². The molecular formula is C37H43N5O2. The van der Waals surface area contributed by atoms with Crippen molar-refractivity contribution in [3.63, 3.8) is 0 Å². The summed E-state index contributed by atoms with van der Waals surface area (Å²) in [4.78, 5) is 4.58. The molecule has 0 saturated carbocycles. The Balaban J connectivity index is 1.21. The molecule has 0 radical (unpaired) electrons. The third kappa shape index (κ3) is 11.9. The van der Waals surface area contributed by atoms with Crippen LogP contribution in [0.15, 0.2) is 123 Å². The van der Waals surface area contributed by atoms with Crippen LogP contribution in [0.5, 0.6) is 11.5 Å². The van der Waals surface area contributed by atoms with E-state index in [1.165, 1.54) is 38.5 Å². The molecule has 7 nitrogen and oxygen atoms in total. The molecule has 0 bridgehead atoms. The number of rotatable bonds is 18. The molecule has 0 aliphatic heterocycles. The summed E-state index contributed by atoms with van der Waals surface area (Å²) < 4.78 is 11.6. The SMILES string of the molecule is CCCCCCOc1ccc(N=Nc2ccc(C=Nc3ccc(N=Nc4ccc(OCCCCCC)cc4)cc3)cc2)cc1. The zero-order chi connectivity index (χ0) is 30.7. The quantitative estimate of drug-likeness (QED) is 0.0657. The second-order valence-corrected chi connectivity index (χ2v) is 10.6. The molecule has 4 aromatic carbocycles. The number of azo groups is 2. The van der Waals surface area contributed by atoms with Gasteiger partial charge in [-0.25, -0.2) is 0 Å². The van der Waals surface area contributed by atoms with Crippen molar-refractivity contribution in [3.05, 3.63) is 103 Å². The van der Waals surface area contributed by atoms with Gasteiger partial charge in [0.1, 0.15) is 11.5 Å². The Labute approximate surface area is 261 Å². The van der Waals surface area contributed by atoms with E-state index >= 15 is 0 Å². The van der Waals surface area contributed by atoms with Gasteiger partial charge >= 0.3 is 0 Å². The Morgan fingerprint density at radius 1 is 0.432 bits per heavy atom. The van der Waals surface area contributed by atoms with Gasteiger partial charge in [-0.2, -0.15) is 20.5 Å². The molecule has 4 aromatic rings. The maximum atomic E-state index is 5.79. The standard InChI is InChI=1S/C37H43N5O2/c1-3-5-7-9-27-43-36-23-19-34(20-24-36)41-39-32-13-11-30(12-14-32)29-38-31-15-17-33(18-16-31)40-42-35-21-25-37(26-22-35)44-28-10-8-6-4-2/h11-26,29H,3-10,27-28H2,1-2H3. The third-order valence-corrected chi connectivity index (χ3v) is 6.87. The van der Waals surface area contributed by atoms with Crippen LogP contribution in [0, 0.1) is 0 Å². The van der Waals surface area contributed by atoms with Crippen LogP contribution >= 0.6 is 0 Å². The average molecular weight is 590 g/mol. The van der Waals surface area contributed by atoms with Gasteiger partial charge in [0.05, 0.1) is 41.7 Å². The van der Waals surface area contributed by atoms with Gasteiger partial charge in [-0.1, -0.05) is 64.5 Å². The summed E-state index contributed by atoms with van der Waals surface area (Å²) in [5, 5.41) is 17.4. The van der Waals surface area contributed by atoms with Crippen molar-refractivity contribution < 1.29 is 9.47 Å². The Kier molecular flexibility index (Phi) is 13.8. The molecule has 0 heterocycles. The molecular weight excluding hydrogens is 546 g/mol. The first-order valence-corrected chi connectivity index (χ1v) is 15.8. The van der Waals surface area contributed by atoms with Crippen molar-refractivity contribution in [1.82, 2.24) is 0 Å². The van der Waals surface area contributed by atoms with E-state index in [1.807, 2.05) is 103 Å². The second-order valence-electron chi connectivity index (χ2n) is 10.6. The smallest absolute Gasteiger partial charge is 0.119 e. The van der Waals surface area contributed by atoms with E-state index < -0.39 is 0 Å². The van der Waals surface area contributed by atoms with Crippen molar-refractivity contribution in [2.45, 2.75) is 65.2 Å². The summed E-state index contributed by atoms with van der Waals surface area (Å²) in [5.74, 6) is 1.73. The second kappa shape index (κ2) is 18.8. The summed E-state index contributed by atoms with van der Waals surface area (Å²) in [6, 6.07) is 30.9. The van der Waals surface area contributed by atoms with Crippen LogP contribution in [-0.2, 0) is 0 Å². The Morgan fingerprint density at radius 2 is 0.795 bits per heavy atom. The van der Waals surface area contributed by atoms with Gasteiger partial charge in [-0.05, 0) is 103 Å². The van der Waals surface area contributed by atoms with Gasteiger partial charge in [0, 0.05) is 6.21 Å². The van der Waals surface area contributed by atoms with Crippen LogP contribution in [0.1, 0.15) is 70.8 Å². The zero-order valence-corrected chi connectivity index (χ0v) is 25.9. The normalized spacial score (nSPS) is 11.6. The summed E-state index contributed by atoms with van der Waals surface area (Å²) in [6.07, 6.45) is 11.4. The minimum atomic E-state index is 0.749. The monoisotopic (exact) mass is 589 g/mol. The van der Waals surface area contributed by atoms with Crippen LogP contribution in [0.25, 0.3) is 0 Å². The van der Waals surface area contributed by atoms with E-state index in [0.717, 1.165) is 71.6 Å². The molecule has 0 aliphatic carbocycles. The largest absolute Gasteiger partial charge is 0.494 e. The van der Waals surface area contributed by atoms with Crippen LogP contribution in [-0.4, -0.2) is 19.4 Å². The zero-order valence-electron chi connectivity index (χ0n) is 25.9. The lowest BCUT2D eigenvalue weighted by Crippen LogP contribution is -1.96. The molecule has 0 aromatic heterocycles. The van der Waals surface area contributed by atoms with E-state index in [1.54, 1.807) is 0 Å². The number of ether oxygens (including phenoxy) is 2. The lowest BCUT2D eigenvalue weighted by molar-refractivity contribution is 0.305. The van der Waals surface area contributed by atoms with Gasteiger partial charge in [-0.15, -0.1) is 0 Å². The first kappa shape index (κ1) is 32.3. The predicted octanol–water partition coefficient (Wildman–Crippen LogP) is 12.2. The molecule has 0 unspecified atom stereocenters. The predicted molar refractivity (Wildman–Crippen MR) is 181 cm³/mol. The van der Waals surface area contributed by atoms with Crippen molar-refractivity contribution in [2.75, 3.05) is 13.2 Å². The van der Waals surface area contributed by atoms with Crippen molar-refractivity contribution in [1.29, 1.82) is 0 Å². The molecule has 0 N–H and O–H groups in total. The minimum Gasteiger partial charge on any atom is -0.494 e. The number of benzene rings is 4. The summed E-state index contributed by atoms with van der Waals surface area (Å²) in [7, 11) is 0. The number of hydrogen-bond donors (Lipinski definition) is 0. The van der Waals surface area contributed by atoms with Gasteiger partial charge in [0.25, 0.3) is 0 Å². The lowest BCUT2D eigenvalue weighted by atomic mass is 10.2. The highest BCUT2D eigenvalue weighted by Crippen LogP contribution is 2.25. The molecule has 0 spiro atoms. The number of aliphatic imine (C=N–C) groups is 1. The van der Waals surface area contributed by atoms with Crippen molar-refractivity contribution >= 4 is 34.7 Å². The first-order chi connectivity index (χ1) is 21.7. The average Bonchev–Trinajstić information content (AvgIpc) is 3.07. The van der Waals surface area contributed by atoms with E-state index in [9.17, 15) is 0 Å². The van der Waals surface area contributed by atoms with Crippen molar-refractivity contribution in [2.24, 2.45) is 25.4 Å². The maximum Gasteiger partial charge on any atom is 0.119 e. The van der Waals surface area contributed by atoms with Crippen LogP contribution in [0.2, 0.25) is 0 Å². The van der Waals surface area contributed by atoms with Crippen LogP contribution in [0.4, 0.5) is 28.4 Å². The molecule has 0 aliphatic rings. The molecule has 4 rings (SSSR count). The molecule has 0 fully saturated rings. The minimum absolute atomic E-state index is 0.749. The van der Waals surface area contributed by atoms with E-state index in [0.29, 0.717) is 0 Å². The molecule has 7 heteroatoms. The first-order valence-electron chi connectivity index (χ1n) is 15.8. The van der Waals surface area contributed by atoms with Gasteiger partial charge in [0.15, 0.2) is 0 Å². The summed E-state index contributed by atoms with van der Waals surface area (Å²) >= 11 is 0. The van der Waals surface area contributed by atoms with Crippen LogP contribution in [0.3, 0.4) is 0 Å². The van der Waals surface area contributed by atoms with Gasteiger partial charge in [-0.3, -0.25) is 4.99 Å². The lowest BCUT2D eigenvalue weighted by Gasteiger charge is -2.05. The molecule has 228 valence electrons. The number of unbranched alkanes of at least 4 members (excludes halogenated alkanes) is 6. The summed E-state index contributed by atoms with van der Waals surface area (Å²) in [5.41, 5.74) is 4.91. The third-order valence-electron chi connectivity index (χ3n) is 6.87. The molecule has 0 amide bonds. The Hall–Kier alpha value is -4.65. The van der Waals surface area contributed by atoms with E-state index in [2.05, 4.69) is 39.3 Å².